The lowest BCUT2D eigenvalue weighted by molar-refractivity contribution is 0.0102. The lowest BCUT2D eigenvalue weighted by Gasteiger charge is -2.43. The predicted molar refractivity (Wildman–Crippen MR) is 94.0 cm³/mol. The molecule has 25 heavy (non-hydrogen) atoms. The van der Waals surface area contributed by atoms with Crippen molar-refractivity contribution in [3.8, 4) is 0 Å². The molecule has 2 saturated heterocycles. The molecule has 0 aliphatic carbocycles. The van der Waals surface area contributed by atoms with Gasteiger partial charge in [-0.1, -0.05) is 30.3 Å². The number of hydrogen-bond acceptors (Lipinski definition) is 4. The second kappa shape index (κ2) is 6.65. The number of benzene rings is 1. The second-order valence-corrected chi connectivity index (χ2v) is 7.37. The van der Waals surface area contributed by atoms with Crippen molar-refractivity contribution in [2.24, 2.45) is 11.3 Å². The van der Waals surface area contributed by atoms with Crippen LogP contribution in [0.4, 0.5) is 0 Å². The van der Waals surface area contributed by atoms with Crippen LogP contribution >= 0.6 is 0 Å². The fourth-order valence-corrected chi connectivity index (χ4v) is 4.41. The third kappa shape index (κ3) is 3.10. The zero-order chi connectivity index (χ0) is 17.3. The van der Waals surface area contributed by atoms with Gasteiger partial charge in [-0.05, 0) is 30.0 Å². The Morgan fingerprint density at radius 3 is 2.76 bits per heavy atom. The highest BCUT2D eigenvalue weighted by Crippen LogP contribution is 2.42. The minimum absolute atomic E-state index is 0.0715. The fraction of sp³-hybridized carbons (Fsp3) is 0.450. The number of aliphatic hydroxyl groups is 1. The summed E-state index contributed by atoms with van der Waals surface area (Å²) in [6, 6.07) is 13.9. The van der Waals surface area contributed by atoms with E-state index in [9.17, 15) is 9.90 Å². The highest BCUT2D eigenvalue weighted by molar-refractivity contribution is 5.91. The number of hydrogen-bond donors (Lipinski definition) is 1. The number of carbonyl (C=O) groups excluding carboxylic acids is 1. The Hall–Kier alpha value is -2.11. The largest absolute Gasteiger partial charge is 0.459 e. The van der Waals surface area contributed by atoms with Gasteiger partial charge in [0.05, 0.1) is 12.9 Å². The first kappa shape index (κ1) is 16.4. The number of amides is 1. The average molecular weight is 340 g/mol. The van der Waals surface area contributed by atoms with Gasteiger partial charge in [0, 0.05) is 38.1 Å². The number of fused-ring (bicyclic) bond motifs is 1. The number of likely N-dealkylation sites (tertiary alicyclic amines) is 2. The van der Waals surface area contributed by atoms with Crippen LogP contribution in [0.3, 0.4) is 0 Å². The molecule has 0 unspecified atom stereocenters. The maximum absolute atomic E-state index is 12.6. The fourth-order valence-electron chi connectivity index (χ4n) is 4.41. The smallest absolute Gasteiger partial charge is 0.289 e. The van der Waals surface area contributed by atoms with E-state index in [-0.39, 0.29) is 17.9 Å². The molecular formula is C20H24N2O3. The van der Waals surface area contributed by atoms with Gasteiger partial charge in [-0.25, -0.2) is 0 Å². The van der Waals surface area contributed by atoms with E-state index in [1.807, 2.05) is 11.0 Å². The molecule has 2 atom stereocenters. The Morgan fingerprint density at radius 2 is 2.04 bits per heavy atom. The molecule has 132 valence electrons. The highest BCUT2D eigenvalue weighted by Gasteiger charge is 2.50. The quantitative estimate of drug-likeness (QED) is 0.927. The summed E-state index contributed by atoms with van der Waals surface area (Å²) >= 11 is 0. The summed E-state index contributed by atoms with van der Waals surface area (Å²) < 4.78 is 5.26. The molecule has 5 nitrogen and oxygen atoms in total. The van der Waals surface area contributed by atoms with E-state index < -0.39 is 0 Å². The number of piperidine rings is 1. The molecule has 1 aromatic carbocycles. The summed E-state index contributed by atoms with van der Waals surface area (Å²) in [5, 5.41) is 10.2. The monoisotopic (exact) mass is 340 g/mol. The zero-order valence-corrected chi connectivity index (χ0v) is 14.3. The number of nitrogens with zero attached hydrogens (tertiary/aromatic N) is 2. The zero-order valence-electron chi connectivity index (χ0n) is 14.3. The predicted octanol–water partition coefficient (Wildman–Crippen LogP) is 2.24. The minimum atomic E-state index is -0.227. The molecule has 2 aliphatic rings. The second-order valence-electron chi connectivity index (χ2n) is 7.37. The van der Waals surface area contributed by atoms with Crippen LogP contribution < -0.4 is 0 Å². The minimum Gasteiger partial charge on any atom is -0.459 e. The van der Waals surface area contributed by atoms with Gasteiger partial charge in [-0.2, -0.15) is 0 Å². The first-order valence-corrected chi connectivity index (χ1v) is 8.90. The van der Waals surface area contributed by atoms with Crippen molar-refractivity contribution in [3.05, 3.63) is 60.1 Å². The van der Waals surface area contributed by atoms with Crippen LogP contribution in [0, 0.1) is 11.3 Å². The van der Waals surface area contributed by atoms with Crippen molar-refractivity contribution in [1.82, 2.24) is 9.80 Å². The molecule has 4 rings (SSSR count). The van der Waals surface area contributed by atoms with E-state index in [0.29, 0.717) is 18.2 Å². The van der Waals surface area contributed by atoms with Gasteiger partial charge in [0.25, 0.3) is 5.91 Å². The van der Waals surface area contributed by atoms with Crippen LogP contribution in [0.15, 0.2) is 53.1 Å². The maximum Gasteiger partial charge on any atom is 0.289 e. The number of carbonyl (C=O) groups is 1. The van der Waals surface area contributed by atoms with Gasteiger partial charge >= 0.3 is 0 Å². The molecule has 0 saturated carbocycles. The lowest BCUT2D eigenvalue weighted by atomic mass is 9.74. The molecule has 1 N–H and O–H groups in total. The standard InChI is InChI=1S/C20H24N2O3/c23-15-20-13-21(11-16-5-2-1-3-6-16)12-17(20)8-9-22(14-20)19(24)18-7-4-10-25-18/h1-7,10,17,23H,8-9,11-15H2/t17-,20-/m0/s1. The Kier molecular flexibility index (Phi) is 4.36. The van der Waals surface area contributed by atoms with E-state index in [4.69, 9.17) is 4.42 Å². The molecule has 2 fully saturated rings. The van der Waals surface area contributed by atoms with Crippen molar-refractivity contribution >= 4 is 5.91 Å². The van der Waals surface area contributed by atoms with E-state index in [0.717, 1.165) is 32.6 Å². The van der Waals surface area contributed by atoms with Gasteiger partial charge in [0.15, 0.2) is 5.76 Å². The van der Waals surface area contributed by atoms with E-state index in [1.54, 1.807) is 12.1 Å². The van der Waals surface area contributed by atoms with E-state index >= 15 is 0 Å². The summed E-state index contributed by atoms with van der Waals surface area (Å²) in [7, 11) is 0. The van der Waals surface area contributed by atoms with Crippen LogP contribution in [-0.4, -0.2) is 53.6 Å². The highest BCUT2D eigenvalue weighted by atomic mass is 16.3. The van der Waals surface area contributed by atoms with Crippen LogP contribution in [-0.2, 0) is 6.54 Å². The van der Waals surface area contributed by atoms with E-state index in [1.165, 1.54) is 11.8 Å². The normalized spacial score (nSPS) is 26.6. The summed E-state index contributed by atoms with van der Waals surface area (Å²) in [5.74, 6) is 0.741. The van der Waals surface area contributed by atoms with Crippen LogP contribution in [0.25, 0.3) is 0 Å². The molecule has 1 aromatic heterocycles. The summed E-state index contributed by atoms with van der Waals surface area (Å²) in [5.41, 5.74) is 1.06. The number of rotatable bonds is 4. The first-order chi connectivity index (χ1) is 12.2. The van der Waals surface area contributed by atoms with Crippen molar-refractivity contribution in [1.29, 1.82) is 0 Å². The number of aliphatic hydroxyl groups excluding tert-OH is 1. The maximum atomic E-state index is 12.6. The Bertz CT molecular complexity index is 716. The average Bonchev–Trinajstić information content (AvgIpc) is 3.29. The Balaban J connectivity index is 1.48. The summed E-state index contributed by atoms with van der Waals surface area (Å²) in [6.45, 7) is 4.14. The molecule has 0 radical (unpaired) electrons. The topological polar surface area (TPSA) is 56.9 Å². The van der Waals surface area contributed by atoms with Crippen molar-refractivity contribution in [3.63, 3.8) is 0 Å². The molecule has 5 heteroatoms. The van der Waals surface area contributed by atoms with E-state index in [2.05, 4.69) is 29.2 Å². The molecule has 0 spiro atoms. The van der Waals surface area contributed by atoms with Crippen LogP contribution in [0.1, 0.15) is 22.5 Å². The van der Waals surface area contributed by atoms with Gasteiger partial charge in [-0.3, -0.25) is 9.69 Å². The Labute approximate surface area is 147 Å². The molecule has 2 aliphatic heterocycles. The third-order valence-electron chi connectivity index (χ3n) is 5.72. The number of furan rings is 1. The molecule has 2 aromatic rings. The van der Waals surface area contributed by atoms with Crippen molar-refractivity contribution < 1.29 is 14.3 Å². The van der Waals surface area contributed by atoms with Crippen molar-refractivity contribution in [2.45, 2.75) is 13.0 Å². The van der Waals surface area contributed by atoms with Crippen LogP contribution in [0.2, 0.25) is 0 Å². The molecule has 1 amide bonds. The summed E-state index contributed by atoms with van der Waals surface area (Å²) in [6.07, 6.45) is 2.46. The lowest BCUT2D eigenvalue weighted by Crippen LogP contribution is -2.52. The SMILES string of the molecule is O=C(c1ccco1)N1CC[C@H]2CN(Cc3ccccc3)C[C@@]2(CO)C1. The third-order valence-corrected chi connectivity index (χ3v) is 5.72. The molecular weight excluding hydrogens is 316 g/mol. The summed E-state index contributed by atoms with van der Waals surface area (Å²) in [4.78, 5) is 16.9. The van der Waals surface area contributed by atoms with Crippen molar-refractivity contribution in [2.75, 3.05) is 32.8 Å². The van der Waals surface area contributed by atoms with Gasteiger partial charge in [0.1, 0.15) is 0 Å². The van der Waals surface area contributed by atoms with Gasteiger partial charge in [0.2, 0.25) is 0 Å². The van der Waals surface area contributed by atoms with Gasteiger partial charge < -0.3 is 14.4 Å². The van der Waals surface area contributed by atoms with Gasteiger partial charge in [-0.15, -0.1) is 0 Å². The van der Waals surface area contributed by atoms with Crippen LogP contribution in [0.5, 0.6) is 0 Å². The molecule has 3 heterocycles. The molecule has 0 bridgehead atoms. The first-order valence-electron chi connectivity index (χ1n) is 8.90. The Morgan fingerprint density at radius 1 is 1.20 bits per heavy atom.